The number of nitrogens with one attached hydrogen (secondary N) is 1. The van der Waals surface area contributed by atoms with Crippen LogP contribution in [0.2, 0.25) is 0 Å². The van der Waals surface area contributed by atoms with Crippen LogP contribution < -0.4 is 5.32 Å². The number of sulfone groups is 1. The lowest BCUT2D eigenvalue weighted by Crippen LogP contribution is -2.38. The van der Waals surface area contributed by atoms with E-state index >= 15 is 0 Å². The Labute approximate surface area is 244 Å². The molecular formula is C22H34Cl4N3O7PS. The van der Waals surface area contributed by atoms with Crippen molar-refractivity contribution in [1.82, 2.24) is 14.7 Å². The zero-order valence-corrected chi connectivity index (χ0v) is 26.1. The molecule has 0 aromatic heterocycles. The fourth-order valence-electron chi connectivity index (χ4n) is 3.38. The van der Waals surface area contributed by atoms with Crippen LogP contribution in [0.3, 0.4) is 0 Å². The van der Waals surface area contributed by atoms with Crippen molar-refractivity contribution in [3.05, 3.63) is 29.3 Å². The summed E-state index contributed by atoms with van der Waals surface area (Å²) in [6.07, 6.45) is 0. The van der Waals surface area contributed by atoms with Gasteiger partial charge in [-0.15, -0.1) is 46.4 Å². The van der Waals surface area contributed by atoms with Crippen LogP contribution >= 0.6 is 54.1 Å². The minimum atomic E-state index is -3.97. The number of hydrogen-bond acceptors (Lipinski definition) is 7. The Morgan fingerprint density at radius 2 is 1.50 bits per heavy atom. The molecule has 1 N–H and O–H groups in total. The Morgan fingerprint density at radius 1 is 0.974 bits per heavy atom. The molecule has 1 aromatic carbocycles. The van der Waals surface area contributed by atoms with Crippen molar-refractivity contribution in [1.29, 1.82) is 0 Å². The summed E-state index contributed by atoms with van der Waals surface area (Å²) in [5.41, 5.74) is 0.461. The number of nitrogens with zero attached hydrogens (tertiary/aromatic N) is 2. The van der Waals surface area contributed by atoms with Gasteiger partial charge in [0, 0.05) is 55.3 Å². The molecule has 0 fully saturated rings. The van der Waals surface area contributed by atoms with E-state index in [0.29, 0.717) is 5.56 Å². The van der Waals surface area contributed by atoms with Gasteiger partial charge in [0.15, 0.2) is 9.84 Å². The monoisotopic (exact) mass is 655 g/mol. The summed E-state index contributed by atoms with van der Waals surface area (Å²) in [5.74, 6) is -1.20. The molecular weight excluding hydrogens is 623 g/mol. The first kappa shape index (κ1) is 35.4. The number of aryl methyl sites for hydroxylation is 1. The minimum Gasteiger partial charge on any atom is -0.465 e. The number of esters is 1. The summed E-state index contributed by atoms with van der Waals surface area (Å²) in [5, 5.41) is 2.39. The third kappa shape index (κ3) is 10.7. The predicted octanol–water partition coefficient (Wildman–Crippen LogP) is 3.75. The molecule has 1 rings (SSSR count). The van der Waals surface area contributed by atoms with Gasteiger partial charge in [-0.3, -0.25) is 14.2 Å². The van der Waals surface area contributed by atoms with Gasteiger partial charge in [-0.05, 0) is 31.5 Å². The van der Waals surface area contributed by atoms with Crippen molar-refractivity contribution in [2.45, 2.75) is 18.7 Å². The Bertz CT molecular complexity index is 1030. The van der Waals surface area contributed by atoms with Gasteiger partial charge in [-0.1, -0.05) is 6.07 Å². The maximum absolute atomic E-state index is 14.1. The number of benzene rings is 1. The summed E-state index contributed by atoms with van der Waals surface area (Å²) < 4.78 is 54.1. The van der Waals surface area contributed by atoms with Crippen LogP contribution in [-0.2, 0) is 28.5 Å². The fourth-order valence-corrected chi connectivity index (χ4v) is 8.60. The van der Waals surface area contributed by atoms with Crippen LogP contribution in [0.5, 0.6) is 0 Å². The molecule has 0 saturated heterocycles. The van der Waals surface area contributed by atoms with Gasteiger partial charge >= 0.3 is 13.6 Å². The number of carbonyl (C=O) groups is 2. The molecule has 16 heteroatoms. The molecule has 0 heterocycles. The Hall–Kier alpha value is -0.620. The number of halogens is 4. The topological polar surface area (TPSA) is 122 Å². The van der Waals surface area contributed by atoms with Gasteiger partial charge in [0.2, 0.25) is 0 Å². The van der Waals surface area contributed by atoms with Gasteiger partial charge in [-0.2, -0.15) is 0 Å². The van der Waals surface area contributed by atoms with Gasteiger partial charge in [0.05, 0.1) is 23.9 Å². The number of rotatable bonds is 19. The van der Waals surface area contributed by atoms with E-state index in [2.05, 4.69) is 5.32 Å². The van der Waals surface area contributed by atoms with Crippen LogP contribution in [0, 0.1) is 6.92 Å². The van der Waals surface area contributed by atoms with E-state index in [1.54, 1.807) is 13.8 Å². The second kappa shape index (κ2) is 17.9. The van der Waals surface area contributed by atoms with E-state index in [-0.39, 0.29) is 73.3 Å². The van der Waals surface area contributed by atoms with E-state index in [4.69, 9.17) is 55.7 Å². The molecule has 10 nitrogen and oxygen atoms in total. The molecule has 38 heavy (non-hydrogen) atoms. The summed E-state index contributed by atoms with van der Waals surface area (Å²) in [7, 11) is -7.76. The van der Waals surface area contributed by atoms with E-state index < -0.39 is 41.7 Å². The highest BCUT2D eigenvalue weighted by molar-refractivity contribution is 7.91. The molecule has 0 bridgehead atoms. The first-order chi connectivity index (χ1) is 18.0. The highest BCUT2D eigenvalue weighted by atomic mass is 35.5. The number of hydrogen-bond donors (Lipinski definition) is 1. The fraction of sp³-hybridized carbons (Fsp3) is 0.636. The molecule has 0 atom stereocenters. The van der Waals surface area contributed by atoms with Crippen molar-refractivity contribution >= 4 is 75.8 Å². The third-order valence-corrected chi connectivity index (χ3v) is 10.4. The van der Waals surface area contributed by atoms with E-state index in [9.17, 15) is 22.6 Å². The molecule has 0 radical (unpaired) electrons. The van der Waals surface area contributed by atoms with E-state index in [0.717, 1.165) is 0 Å². The van der Waals surface area contributed by atoms with Crippen LogP contribution in [0.25, 0.3) is 0 Å². The van der Waals surface area contributed by atoms with Crippen LogP contribution in [-0.4, -0.2) is 105 Å². The Balaban J connectivity index is 3.14. The molecule has 0 aliphatic carbocycles. The molecule has 0 spiro atoms. The summed E-state index contributed by atoms with van der Waals surface area (Å²) in [4.78, 5) is 23.9. The quantitative estimate of drug-likeness (QED) is 0.135. The second-order valence-electron chi connectivity index (χ2n) is 7.77. The summed E-state index contributed by atoms with van der Waals surface area (Å²) in [6.45, 7) is 3.35. The molecule has 0 unspecified atom stereocenters. The predicted molar refractivity (Wildman–Crippen MR) is 152 cm³/mol. The third-order valence-electron chi connectivity index (χ3n) is 5.18. The highest BCUT2D eigenvalue weighted by Crippen LogP contribution is 2.54. The maximum Gasteiger partial charge on any atom is 0.346 e. The average Bonchev–Trinajstić information content (AvgIpc) is 2.87. The smallest absolute Gasteiger partial charge is 0.346 e. The van der Waals surface area contributed by atoms with Crippen LogP contribution in [0.1, 0.15) is 22.8 Å². The number of ether oxygens (including phenoxy) is 1. The largest absolute Gasteiger partial charge is 0.465 e. The molecule has 1 aromatic rings. The first-order valence-corrected chi connectivity index (χ1v) is 17.1. The number of amides is 1. The van der Waals surface area contributed by atoms with Crippen LogP contribution in [0.4, 0.5) is 0 Å². The Kier molecular flexibility index (Phi) is 16.7. The normalized spacial score (nSPS) is 12.2. The SMILES string of the molecule is CCOC(=O)CNC(=O)c1ccc(C)c(S(=O)(=O)CCOP(=O)(N(CCCl)CCCl)N(CCCl)CCCl)c1. The lowest BCUT2D eigenvalue weighted by atomic mass is 10.1. The van der Waals surface area contributed by atoms with Crippen molar-refractivity contribution in [3.8, 4) is 0 Å². The molecule has 0 saturated carbocycles. The van der Waals surface area contributed by atoms with E-state index in [1.165, 1.54) is 27.5 Å². The molecule has 218 valence electrons. The average molecular weight is 657 g/mol. The molecule has 1 amide bonds. The lowest BCUT2D eigenvalue weighted by molar-refractivity contribution is -0.141. The van der Waals surface area contributed by atoms with Gasteiger partial charge < -0.3 is 14.6 Å². The van der Waals surface area contributed by atoms with Gasteiger partial charge in [-0.25, -0.2) is 17.8 Å². The maximum atomic E-state index is 14.1. The first-order valence-electron chi connectivity index (χ1n) is 11.8. The molecule has 0 aliphatic heterocycles. The second-order valence-corrected chi connectivity index (χ2v) is 13.7. The van der Waals surface area contributed by atoms with Gasteiger partial charge in [0.1, 0.15) is 6.54 Å². The van der Waals surface area contributed by atoms with Crippen molar-refractivity contribution in [3.63, 3.8) is 0 Å². The van der Waals surface area contributed by atoms with Crippen molar-refractivity contribution in [2.75, 3.05) is 75.2 Å². The van der Waals surface area contributed by atoms with Crippen molar-refractivity contribution in [2.24, 2.45) is 0 Å². The zero-order chi connectivity index (χ0) is 28.8. The Morgan fingerprint density at radius 3 is 1.97 bits per heavy atom. The van der Waals surface area contributed by atoms with Crippen molar-refractivity contribution < 1.29 is 31.8 Å². The van der Waals surface area contributed by atoms with E-state index in [1.807, 2.05) is 0 Å². The number of carbonyl (C=O) groups excluding carboxylic acids is 2. The van der Waals surface area contributed by atoms with Crippen LogP contribution in [0.15, 0.2) is 23.1 Å². The highest BCUT2D eigenvalue weighted by Gasteiger charge is 2.38. The lowest BCUT2D eigenvalue weighted by Gasteiger charge is -2.37. The summed E-state index contributed by atoms with van der Waals surface area (Å²) in [6, 6.07) is 4.17. The minimum absolute atomic E-state index is 0.0517. The van der Waals surface area contributed by atoms with Gasteiger partial charge in [0.25, 0.3) is 5.91 Å². The zero-order valence-electron chi connectivity index (χ0n) is 21.3. The summed E-state index contributed by atoms with van der Waals surface area (Å²) >= 11 is 23.6. The molecule has 0 aliphatic rings. The standard InChI is InChI=1S/C22H34Cl4N3O7PS/c1-3-35-21(30)17-27-22(31)19-5-4-18(2)20(16-19)38(33,34)15-14-36-37(32,28(10-6-23)11-7-24)29(12-8-25)13-9-26/h4-5,16H,3,6-15,17H2,1-2H3,(H,27,31). The number of alkyl halides is 4.